The van der Waals surface area contributed by atoms with E-state index >= 15 is 0 Å². The van der Waals surface area contributed by atoms with E-state index < -0.39 is 15.9 Å². The number of rotatable bonds is 9. The zero-order chi connectivity index (χ0) is 23.3. The van der Waals surface area contributed by atoms with Crippen molar-refractivity contribution in [2.45, 2.75) is 44.2 Å². The van der Waals surface area contributed by atoms with E-state index in [4.69, 9.17) is 9.47 Å². The number of hydrogen-bond donors (Lipinski definition) is 2. The topological polar surface area (TPSA) is 93.7 Å². The third-order valence-corrected chi connectivity index (χ3v) is 6.17. The highest BCUT2D eigenvalue weighted by Gasteiger charge is 2.27. The average molecular weight is 465 g/mol. The Balaban J connectivity index is 1.52. The van der Waals surface area contributed by atoms with Crippen molar-refractivity contribution in [2.75, 3.05) is 20.0 Å². The van der Waals surface area contributed by atoms with Crippen LogP contribution < -0.4 is 19.5 Å². The van der Waals surface area contributed by atoms with Gasteiger partial charge in [0.1, 0.15) is 17.3 Å². The molecule has 0 radical (unpaired) electrons. The summed E-state index contributed by atoms with van der Waals surface area (Å²) < 4.78 is 48.3. The maximum absolute atomic E-state index is 13.8. The number of ether oxygens (including phenoxy) is 2. The van der Waals surface area contributed by atoms with Crippen molar-refractivity contribution in [3.05, 3.63) is 59.4 Å². The van der Waals surface area contributed by atoms with E-state index in [0.29, 0.717) is 23.5 Å². The molecule has 2 aromatic rings. The van der Waals surface area contributed by atoms with Gasteiger partial charge in [0, 0.05) is 18.2 Å². The second-order valence-corrected chi connectivity index (χ2v) is 9.92. The Bertz CT molecular complexity index is 1040. The van der Waals surface area contributed by atoms with Crippen LogP contribution in [-0.2, 0) is 14.8 Å². The molecule has 3 rings (SSSR count). The third kappa shape index (κ3) is 6.93. The average Bonchev–Trinajstić information content (AvgIpc) is 3.19. The van der Waals surface area contributed by atoms with E-state index in [9.17, 15) is 17.6 Å². The zero-order valence-corrected chi connectivity index (χ0v) is 19.2. The largest absolute Gasteiger partial charge is 0.497 e. The number of methoxy groups -OCH3 is 1. The first-order valence-corrected chi connectivity index (χ1v) is 12.4. The Labute approximate surface area is 188 Å². The molecule has 0 bridgehead atoms. The minimum Gasteiger partial charge on any atom is -0.497 e. The molecule has 3 atom stereocenters. The van der Waals surface area contributed by atoms with Crippen LogP contribution in [0.2, 0.25) is 0 Å². The van der Waals surface area contributed by atoms with Gasteiger partial charge in [-0.1, -0.05) is 12.1 Å². The lowest BCUT2D eigenvalue weighted by Gasteiger charge is -2.21. The summed E-state index contributed by atoms with van der Waals surface area (Å²) in [5.74, 6) is 0.372. The third-order valence-electron chi connectivity index (χ3n) is 5.57. The molecule has 0 aromatic heterocycles. The smallest absolute Gasteiger partial charge is 0.271 e. The Hall–Kier alpha value is -2.65. The molecule has 1 aliphatic rings. The molecule has 0 spiro atoms. The summed E-state index contributed by atoms with van der Waals surface area (Å²) in [5, 5.41) is 3.60. The van der Waals surface area contributed by atoms with E-state index in [1.54, 1.807) is 12.1 Å². The zero-order valence-electron chi connectivity index (χ0n) is 18.4. The summed E-state index contributed by atoms with van der Waals surface area (Å²) in [7, 11) is -2.07. The van der Waals surface area contributed by atoms with Crippen molar-refractivity contribution >= 4 is 15.9 Å². The second-order valence-electron chi connectivity index (χ2n) is 8.17. The van der Waals surface area contributed by atoms with Gasteiger partial charge < -0.3 is 14.8 Å². The summed E-state index contributed by atoms with van der Waals surface area (Å²) in [6.07, 6.45) is 3.94. The van der Waals surface area contributed by atoms with Crippen LogP contribution in [0.25, 0.3) is 0 Å². The monoisotopic (exact) mass is 464 g/mol. The molecule has 0 saturated heterocycles. The van der Waals surface area contributed by atoms with Crippen LogP contribution in [0, 0.1) is 5.82 Å². The SMILES string of the molecule is COc1cc(F)cc([C@@H](C)NC2CC[C@@H](c3ccc(OCC(=O)NS(C)(=O)=O)cc3)C2)c1. The number of carbonyl (C=O) groups excluding carboxylic acids is 1. The fraction of sp³-hybridized carbons (Fsp3) is 0.435. The molecule has 1 unspecified atom stereocenters. The van der Waals surface area contributed by atoms with Crippen molar-refractivity contribution in [2.24, 2.45) is 0 Å². The molecule has 9 heteroatoms. The van der Waals surface area contributed by atoms with Crippen LogP contribution >= 0.6 is 0 Å². The highest BCUT2D eigenvalue weighted by molar-refractivity contribution is 7.89. The fourth-order valence-corrected chi connectivity index (χ4v) is 4.53. The first-order chi connectivity index (χ1) is 15.1. The highest BCUT2D eigenvalue weighted by atomic mass is 32.2. The van der Waals surface area contributed by atoms with E-state index in [1.165, 1.54) is 24.8 Å². The molecule has 0 aliphatic heterocycles. The Morgan fingerprint density at radius 1 is 1.16 bits per heavy atom. The van der Waals surface area contributed by atoms with Gasteiger partial charge >= 0.3 is 0 Å². The molecular formula is C23H29FN2O5S. The summed E-state index contributed by atoms with van der Waals surface area (Å²) >= 11 is 0. The predicted octanol–water partition coefficient (Wildman–Crippen LogP) is 3.28. The molecule has 2 N–H and O–H groups in total. The van der Waals surface area contributed by atoms with E-state index in [-0.39, 0.29) is 18.5 Å². The molecule has 2 aromatic carbocycles. The van der Waals surface area contributed by atoms with Crippen molar-refractivity contribution in [1.82, 2.24) is 10.0 Å². The maximum Gasteiger partial charge on any atom is 0.271 e. The van der Waals surface area contributed by atoms with Gasteiger partial charge in [0.25, 0.3) is 5.91 Å². The van der Waals surface area contributed by atoms with E-state index in [2.05, 4.69) is 5.32 Å². The summed E-state index contributed by atoms with van der Waals surface area (Å²) in [5.41, 5.74) is 2.04. The van der Waals surface area contributed by atoms with Gasteiger partial charge in [0.2, 0.25) is 10.0 Å². The minimum absolute atomic E-state index is 0.00259. The van der Waals surface area contributed by atoms with E-state index in [1.807, 2.05) is 29.8 Å². The second kappa shape index (κ2) is 10.3. The standard InChI is InChI=1S/C23H29FN2O5S/c1-15(18-10-19(24)13-22(12-18)30-2)25-20-7-4-17(11-20)16-5-8-21(9-6-16)31-14-23(27)26-32(3,28)29/h5-6,8-10,12-13,15,17,20,25H,4,7,11,14H2,1-3H3,(H,26,27)/t15-,17-,20?/m1/s1. The number of sulfonamides is 1. The van der Waals surface area contributed by atoms with Gasteiger partial charge in [-0.3, -0.25) is 9.52 Å². The molecule has 1 aliphatic carbocycles. The van der Waals surface area contributed by atoms with Crippen LogP contribution in [-0.4, -0.2) is 40.3 Å². The Kier molecular flexibility index (Phi) is 7.73. The summed E-state index contributed by atoms with van der Waals surface area (Å²) in [4.78, 5) is 11.5. The number of hydrogen-bond acceptors (Lipinski definition) is 6. The van der Waals surface area contributed by atoms with Crippen LogP contribution in [0.4, 0.5) is 4.39 Å². The molecule has 0 heterocycles. The molecule has 1 saturated carbocycles. The fourth-order valence-electron chi connectivity index (χ4n) is 4.06. The lowest BCUT2D eigenvalue weighted by atomic mass is 9.97. The molecule has 1 amide bonds. The van der Waals surface area contributed by atoms with E-state index in [0.717, 1.165) is 31.1 Å². The van der Waals surface area contributed by atoms with Gasteiger partial charge in [-0.2, -0.15) is 0 Å². The van der Waals surface area contributed by atoms with Gasteiger partial charge in [-0.25, -0.2) is 12.8 Å². The number of benzene rings is 2. The molecule has 32 heavy (non-hydrogen) atoms. The van der Waals surface area contributed by atoms with Crippen molar-refractivity contribution < 1.29 is 27.1 Å². The molecular weight excluding hydrogens is 435 g/mol. The lowest BCUT2D eigenvalue weighted by molar-refractivity contribution is -0.121. The number of carbonyl (C=O) groups is 1. The predicted molar refractivity (Wildman–Crippen MR) is 120 cm³/mol. The normalized spacial score (nSPS) is 19.4. The quantitative estimate of drug-likeness (QED) is 0.592. The first-order valence-electron chi connectivity index (χ1n) is 10.5. The Morgan fingerprint density at radius 2 is 1.88 bits per heavy atom. The van der Waals surface area contributed by atoms with Gasteiger partial charge in [-0.05, 0) is 67.5 Å². The van der Waals surface area contributed by atoms with Crippen molar-refractivity contribution in [1.29, 1.82) is 0 Å². The van der Waals surface area contributed by atoms with Crippen LogP contribution in [0.3, 0.4) is 0 Å². The van der Waals surface area contributed by atoms with Crippen LogP contribution in [0.5, 0.6) is 11.5 Å². The summed E-state index contributed by atoms with van der Waals surface area (Å²) in [6.45, 7) is 1.65. The number of nitrogens with one attached hydrogen (secondary N) is 2. The van der Waals surface area contributed by atoms with Gasteiger partial charge in [0.15, 0.2) is 6.61 Å². The maximum atomic E-state index is 13.8. The van der Waals surface area contributed by atoms with Crippen LogP contribution in [0.1, 0.15) is 49.3 Å². The van der Waals surface area contributed by atoms with Gasteiger partial charge in [-0.15, -0.1) is 0 Å². The van der Waals surface area contributed by atoms with Crippen molar-refractivity contribution in [3.8, 4) is 11.5 Å². The number of amides is 1. The molecule has 7 nitrogen and oxygen atoms in total. The Morgan fingerprint density at radius 3 is 2.53 bits per heavy atom. The van der Waals surface area contributed by atoms with Gasteiger partial charge in [0.05, 0.1) is 13.4 Å². The number of halogens is 1. The molecule has 174 valence electrons. The summed E-state index contributed by atoms with van der Waals surface area (Å²) in [6, 6.07) is 12.6. The lowest BCUT2D eigenvalue weighted by Crippen LogP contribution is -2.33. The first kappa shape index (κ1) is 24.0. The highest BCUT2D eigenvalue weighted by Crippen LogP contribution is 2.36. The van der Waals surface area contributed by atoms with Crippen molar-refractivity contribution in [3.63, 3.8) is 0 Å². The molecule has 1 fully saturated rings. The minimum atomic E-state index is -3.59. The van der Waals surface area contributed by atoms with Crippen LogP contribution in [0.15, 0.2) is 42.5 Å².